The predicted octanol–water partition coefficient (Wildman–Crippen LogP) is 6.05. The second kappa shape index (κ2) is 12.7. The molecule has 0 bridgehead atoms. The molecular weight excluding hydrogens is 525 g/mol. The van der Waals surface area contributed by atoms with Gasteiger partial charge in [-0.05, 0) is 64.9 Å². The van der Waals surface area contributed by atoms with Gasteiger partial charge in [-0.1, -0.05) is 57.2 Å². The van der Waals surface area contributed by atoms with Gasteiger partial charge in [-0.3, -0.25) is 14.4 Å². The van der Waals surface area contributed by atoms with Gasteiger partial charge in [-0.25, -0.2) is 0 Å². The van der Waals surface area contributed by atoms with Crippen LogP contribution in [-0.2, 0) is 21.4 Å². The van der Waals surface area contributed by atoms with Crippen LogP contribution in [0.1, 0.15) is 60.2 Å². The average Bonchev–Trinajstić information content (AvgIpc) is 2.87. The lowest BCUT2D eigenvalue weighted by Gasteiger charge is -2.22. The van der Waals surface area contributed by atoms with Crippen LogP contribution in [0.5, 0.6) is 5.75 Å². The van der Waals surface area contributed by atoms with Crippen molar-refractivity contribution < 1.29 is 37.4 Å². The molecule has 1 unspecified atom stereocenters. The van der Waals surface area contributed by atoms with Gasteiger partial charge in [-0.15, -0.1) is 13.2 Å². The maximum atomic E-state index is 13.4. The number of halogens is 3. The van der Waals surface area contributed by atoms with Gasteiger partial charge in [0.2, 0.25) is 5.91 Å². The lowest BCUT2D eigenvalue weighted by atomic mass is 9.84. The second-order valence-electron chi connectivity index (χ2n) is 10.3. The molecule has 0 fully saturated rings. The molecule has 40 heavy (non-hydrogen) atoms. The van der Waals surface area contributed by atoms with Crippen LogP contribution in [0.25, 0.3) is 0 Å². The zero-order chi connectivity index (χ0) is 29.5. The normalized spacial score (nSPS) is 12.3. The van der Waals surface area contributed by atoms with Gasteiger partial charge in [0.25, 0.3) is 5.91 Å². The number of hydrogen-bond donors (Lipinski definition) is 3. The molecule has 0 spiro atoms. The summed E-state index contributed by atoms with van der Waals surface area (Å²) in [6, 6.07) is 19.2. The highest BCUT2D eigenvalue weighted by Gasteiger charge is 2.31. The molecule has 3 aromatic carbocycles. The minimum Gasteiger partial charge on any atom is -0.481 e. The average molecular weight is 557 g/mol. The molecule has 3 rings (SSSR count). The number of amides is 2. The van der Waals surface area contributed by atoms with Crippen molar-refractivity contribution in [2.75, 3.05) is 11.9 Å². The predicted molar refractivity (Wildman–Crippen MR) is 144 cm³/mol. The van der Waals surface area contributed by atoms with E-state index in [2.05, 4.69) is 36.1 Å². The zero-order valence-corrected chi connectivity index (χ0v) is 22.3. The zero-order valence-electron chi connectivity index (χ0n) is 22.3. The summed E-state index contributed by atoms with van der Waals surface area (Å²) in [6.07, 6.45) is -4.71. The minimum absolute atomic E-state index is 0.00599. The summed E-state index contributed by atoms with van der Waals surface area (Å²) in [7, 11) is 0. The Morgan fingerprint density at radius 2 is 1.48 bits per heavy atom. The van der Waals surface area contributed by atoms with E-state index in [1.165, 1.54) is 12.1 Å². The number of nitrogens with one attached hydrogen (secondary N) is 2. The van der Waals surface area contributed by atoms with Crippen LogP contribution in [0, 0.1) is 0 Å². The summed E-state index contributed by atoms with van der Waals surface area (Å²) < 4.78 is 41.3. The van der Waals surface area contributed by atoms with E-state index < -0.39 is 29.9 Å². The van der Waals surface area contributed by atoms with Crippen LogP contribution in [0.15, 0.2) is 72.8 Å². The molecule has 0 heterocycles. The first-order chi connectivity index (χ1) is 18.7. The Morgan fingerprint density at radius 1 is 0.875 bits per heavy atom. The number of carbonyl (C=O) groups is 3. The van der Waals surface area contributed by atoms with Crippen molar-refractivity contribution in [3.63, 3.8) is 0 Å². The molecule has 7 nitrogen and oxygen atoms in total. The van der Waals surface area contributed by atoms with Crippen molar-refractivity contribution in [3.8, 4) is 5.75 Å². The standard InChI is InChI=1S/C30H31F3N2O5/c1-29(2,3)22-10-8-20(9-11-22)25(28(39)35-23-12-14-24(15-13-23)40-30(31,32)33)18-19-4-6-21(7-5-19)27(38)34-17-16-26(36)37/h4-15,25H,16-18H2,1-3H3,(H,34,38)(H,35,39)(H,36,37). The fourth-order valence-electron chi connectivity index (χ4n) is 3.96. The van der Waals surface area contributed by atoms with Gasteiger partial charge in [0, 0.05) is 17.8 Å². The summed E-state index contributed by atoms with van der Waals surface area (Å²) in [4.78, 5) is 36.3. The minimum atomic E-state index is -4.82. The lowest BCUT2D eigenvalue weighted by Crippen LogP contribution is -2.26. The van der Waals surface area contributed by atoms with Gasteiger partial charge in [-0.2, -0.15) is 0 Å². The molecular formula is C30H31F3N2O5. The Balaban J connectivity index is 1.80. The first kappa shape index (κ1) is 30.2. The Labute approximate surface area is 230 Å². The van der Waals surface area contributed by atoms with Gasteiger partial charge < -0.3 is 20.5 Å². The monoisotopic (exact) mass is 556 g/mol. The van der Waals surface area contributed by atoms with E-state index >= 15 is 0 Å². The number of aliphatic carboxylic acids is 1. The maximum Gasteiger partial charge on any atom is 0.573 e. The van der Waals surface area contributed by atoms with E-state index in [0.717, 1.165) is 28.8 Å². The smallest absolute Gasteiger partial charge is 0.481 e. The summed E-state index contributed by atoms with van der Waals surface area (Å²) in [5, 5.41) is 14.0. The summed E-state index contributed by atoms with van der Waals surface area (Å²) in [5.41, 5.74) is 3.19. The van der Waals surface area contributed by atoms with Gasteiger partial charge in [0.05, 0.1) is 12.3 Å². The van der Waals surface area contributed by atoms with Crippen molar-refractivity contribution in [3.05, 3.63) is 95.1 Å². The van der Waals surface area contributed by atoms with Gasteiger partial charge in [0.1, 0.15) is 5.75 Å². The molecule has 0 aromatic heterocycles. The van der Waals surface area contributed by atoms with E-state index in [4.69, 9.17) is 5.11 Å². The Kier molecular flexibility index (Phi) is 9.57. The number of carbonyl (C=O) groups excluding carboxylic acids is 2. The number of carboxylic acid groups (broad SMARTS) is 1. The molecule has 0 aliphatic rings. The van der Waals surface area contributed by atoms with Crippen LogP contribution in [0.4, 0.5) is 18.9 Å². The number of ether oxygens (including phenoxy) is 1. The quantitative estimate of drug-likeness (QED) is 0.282. The van der Waals surface area contributed by atoms with E-state index in [9.17, 15) is 27.6 Å². The maximum absolute atomic E-state index is 13.4. The molecule has 1 atom stereocenters. The van der Waals surface area contributed by atoms with E-state index in [0.29, 0.717) is 11.3 Å². The van der Waals surface area contributed by atoms with E-state index in [1.807, 2.05) is 24.3 Å². The van der Waals surface area contributed by atoms with Crippen LogP contribution in [0.2, 0.25) is 0 Å². The molecule has 2 amide bonds. The highest BCUT2D eigenvalue weighted by molar-refractivity contribution is 5.96. The number of alkyl halides is 3. The van der Waals surface area contributed by atoms with Crippen LogP contribution in [0.3, 0.4) is 0 Å². The molecule has 0 aliphatic carbocycles. The SMILES string of the molecule is CC(C)(C)c1ccc(C(Cc2ccc(C(=O)NCCC(=O)O)cc2)C(=O)Nc2ccc(OC(F)(F)F)cc2)cc1. The Bertz CT molecular complexity index is 1310. The number of benzene rings is 3. The first-order valence-electron chi connectivity index (χ1n) is 12.6. The molecule has 0 aliphatic heterocycles. The highest BCUT2D eigenvalue weighted by Crippen LogP contribution is 2.29. The molecule has 10 heteroatoms. The second-order valence-corrected chi connectivity index (χ2v) is 10.3. The summed E-state index contributed by atoms with van der Waals surface area (Å²) in [5.74, 6) is -2.82. The van der Waals surface area contributed by atoms with Crippen LogP contribution < -0.4 is 15.4 Å². The molecule has 0 saturated carbocycles. The number of rotatable bonds is 10. The van der Waals surface area contributed by atoms with Crippen molar-refractivity contribution in [2.45, 2.75) is 51.3 Å². The molecule has 3 aromatic rings. The third-order valence-corrected chi connectivity index (χ3v) is 6.13. The fraction of sp³-hybridized carbons (Fsp3) is 0.300. The van der Waals surface area contributed by atoms with Crippen molar-refractivity contribution in [2.24, 2.45) is 0 Å². The highest BCUT2D eigenvalue weighted by atomic mass is 19.4. The number of hydrogen-bond acceptors (Lipinski definition) is 4. The van der Waals surface area contributed by atoms with Crippen molar-refractivity contribution >= 4 is 23.5 Å². The van der Waals surface area contributed by atoms with E-state index in [1.54, 1.807) is 24.3 Å². The first-order valence-corrected chi connectivity index (χ1v) is 12.6. The fourth-order valence-corrected chi connectivity index (χ4v) is 3.96. The largest absolute Gasteiger partial charge is 0.573 e. The van der Waals surface area contributed by atoms with Crippen molar-refractivity contribution in [1.29, 1.82) is 0 Å². The molecule has 212 valence electrons. The van der Waals surface area contributed by atoms with Gasteiger partial charge >= 0.3 is 12.3 Å². The third-order valence-electron chi connectivity index (χ3n) is 6.13. The molecule has 0 saturated heterocycles. The summed E-state index contributed by atoms with van der Waals surface area (Å²) >= 11 is 0. The lowest BCUT2D eigenvalue weighted by molar-refractivity contribution is -0.274. The number of anilines is 1. The summed E-state index contributed by atoms with van der Waals surface area (Å²) in [6.45, 7) is 6.25. The van der Waals surface area contributed by atoms with Crippen LogP contribution in [-0.4, -0.2) is 35.8 Å². The van der Waals surface area contributed by atoms with Crippen LogP contribution >= 0.6 is 0 Å². The van der Waals surface area contributed by atoms with Gasteiger partial charge in [0.15, 0.2) is 0 Å². The number of carboxylic acids is 1. The topological polar surface area (TPSA) is 105 Å². The third kappa shape index (κ3) is 9.14. The van der Waals surface area contributed by atoms with Crippen molar-refractivity contribution in [1.82, 2.24) is 5.32 Å². The molecule has 0 radical (unpaired) electrons. The Morgan fingerprint density at radius 3 is 2.00 bits per heavy atom. The Hall–Kier alpha value is -4.34. The molecule has 3 N–H and O–H groups in total. The van der Waals surface area contributed by atoms with E-state index in [-0.39, 0.29) is 30.7 Å².